The molecule has 0 aromatic carbocycles. The summed E-state index contributed by atoms with van der Waals surface area (Å²) in [6.45, 7) is 11.3. The van der Waals surface area contributed by atoms with Crippen LogP contribution in [0.5, 0.6) is 0 Å². The van der Waals surface area contributed by atoms with Gasteiger partial charge in [-0.3, -0.25) is 4.90 Å². The Bertz CT molecular complexity index is 418. The molecular weight excluding hydrogens is 341 g/mol. The maximum atomic E-state index is 5.96. The third kappa shape index (κ3) is 7.32. The first kappa shape index (κ1) is 22.6. The Morgan fingerprint density at radius 2 is 2.09 bits per heavy atom. The van der Waals surface area contributed by atoms with Gasteiger partial charge in [-0.2, -0.15) is 4.98 Å². The molecule has 0 spiro atoms. The highest BCUT2D eigenvalue weighted by Gasteiger charge is 2.24. The van der Waals surface area contributed by atoms with E-state index in [1.54, 1.807) is 0 Å². The van der Waals surface area contributed by atoms with Crippen molar-refractivity contribution in [3.8, 4) is 0 Å². The highest BCUT2D eigenvalue weighted by atomic mass is 35.5. The van der Waals surface area contributed by atoms with Gasteiger partial charge in [-0.15, -0.1) is 24.8 Å². The van der Waals surface area contributed by atoms with E-state index in [1.807, 2.05) is 0 Å². The second-order valence-electron chi connectivity index (χ2n) is 5.35. The number of nitrogens with zero attached hydrogens (tertiary/aromatic N) is 4. The summed E-state index contributed by atoms with van der Waals surface area (Å²) in [6.07, 6.45) is 1.39. The number of rotatable bonds is 9. The van der Waals surface area contributed by atoms with Crippen LogP contribution in [0, 0.1) is 0 Å². The molecule has 0 radical (unpaired) electrons. The molecule has 1 aromatic heterocycles. The minimum atomic E-state index is 0. The van der Waals surface area contributed by atoms with Crippen LogP contribution in [-0.2, 0) is 17.8 Å². The van der Waals surface area contributed by atoms with E-state index in [4.69, 9.17) is 15.0 Å². The maximum Gasteiger partial charge on any atom is 0.240 e. The largest absolute Gasteiger partial charge is 0.376 e. The number of likely N-dealkylation sites (tertiary alicyclic amines) is 1. The molecule has 1 saturated heterocycles. The first-order valence-electron chi connectivity index (χ1n) is 7.83. The van der Waals surface area contributed by atoms with E-state index in [1.165, 1.54) is 0 Å². The standard InChI is InChI=1S/C14H27N5O2.2ClH/c1-3-18(4-2)7-8-20-12-5-6-19(10-12)11-13-16-14(9-15)21-17-13;;/h12H,3-11,15H2,1-2H3;2*1H. The van der Waals surface area contributed by atoms with Crippen LogP contribution in [0.25, 0.3) is 0 Å². The Morgan fingerprint density at radius 3 is 2.70 bits per heavy atom. The second-order valence-corrected chi connectivity index (χ2v) is 5.35. The Kier molecular flexibility index (Phi) is 11.8. The first-order chi connectivity index (χ1) is 10.2. The van der Waals surface area contributed by atoms with Crippen molar-refractivity contribution in [2.24, 2.45) is 5.73 Å². The molecule has 2 heterocycles. The lowest BCUT2D eigenvalue weighted by atomic mass is 10.3. The molecule has 2 N–H and O–H groups in total. The van der Waals surface area contributed by atoms with Gasteiger partial charge >= 0.3 is 0 Å². The molecule has 1 atom stereocenters. The lowest BCUT2D eigenvalue weighted by Gasteiger charge is -2.19. The van der Waals surface area contributed by atoms with E-state index in [0.717, 1.165) is 45.8 Å². The van der Waals surface area contributed by atoms with Gasteiger partial charge < -0.3 is 19.9 Å². The maximum absolute atomic E-state index is 5.96. The Morgan fingerprint density at radius 1 is 1.35 bits per heavy atom. The minimum absolute atomic E-state index is 0. The Balaban J connectivity index is 0.00000242. The van der Waals surface area contributed by atoms with E-state index in [-0.39, 0.29) is 24.8 Å². The number of ether oxygens (including phenoxy) is 1. The van der Waals surface area contributed by atoms with Crippen LogP contribution in [0.3, 0.4) is 0 Å². The lowest BCUT2D eigenvalue weighted by molar-refractivity contribution is 0.0437. The number of halogens is 2. The van der Waals surface area contributed by atoms with Gasteiger partial charge in [0.1, 0.15) is 0 Å². The van der Waals surface area contributed by atoms with Gasteiger partial charge in [-0.1, -0.05) is 19.0 Å². The highest BCUT2D eigenvalue weighted by Crippen LogP contribution is 2.15. The van der Waals surface area contributed by atoms with Crippen LogP contribution in [-0.4, -0.2) is 65.4 Å². The Labute approximate surface area is 150 Å². The van der Waals surface area contributed by atoms with Crippen LogP contribution in [0.15, 0.2) is 4.52 Å². The van der Waals surface area contributed by atoms with Gasteiger partial charge in [0.2, 0.25) is 5.89 Å². The molecule has 1 unspecified atom stereocenters. The van der Waals surface area contributed by atoms with Gasteiger partial charge in [-0.25, -0.2) is 0 Å². The van der Waals surface area contributed by atoms with Crippen LogP contribution >= 0.6 is 24.8 Å². The smallest absolute Gasteiger partial charge is 0.240 e. The molecule has 9 heteroatoms. The molecule has 1 fully saturated rings. The van der Waals surface area contributed by atoms with Crippen molar-refractivity contribution >= 4 is 24.8 Å². The second kappa shape index (κ2) is 12.0. The van der Waals surface area contributed by atoms with Crippen LogP contribution in [0.4, 0.5) is 0 Å². The minimum Gasteiger partial charge on any atom is -0.376 e. The normalized spacial score (nSPS) is 18.0. The molecule has 0 amide bonds. The summed E-state index contributed by atoms with van der Waals surface area (Å²) < 4.78 is 11.0. The summed E-state index contributed by atoms with van der Waals surface area (Å²) in [6, 6.07) is 0. The summed E-state index contributed by atoms with van der Waals surface area (Å²) in [5.74, 6) is 1.20. The Hall–Kier alpha value is -0.440. The number of aromatic nitrogens is 2. The molecule has 1 aliphatic heterocycles. The van der Waals surface area contributed by atoms with Gasteiger partial charge in [-0.05, 0) is 19.5 Å². The van der Waals surface area contributed by atoms with Gasteiger partial charge in [0.15, 0.2) is 5.82 Å². The number of nitrogens with two attached hydrogens (primary N) is 1. The summed E-state index contributed by atoms with van der Waals surface area (Å²) in [7, 11) is 0. The van der Waals surface area contributed by atoms with Gasteiger partial charge in [0.05, 0.1) is 25.8 Å². The van der Waals surface area contributed by atoms with E-state index >= 15 is 0 Å². The molecular formula is C14H29Cl2N5O2. The SMILES string of the molecule is CCN(CC)CCOC1CCN(Cc2noc(CN)n2)C1.Cl.Cl. The molecule has 7 nitrogen and oxygen atoms in total. The van der Waals surface area contributed by atoms with Crippen molar-refractivity contribution in [3.63, 3.8) is 0 Å². The average molecular weight is 370 g/mol. The van der Waals surface area contributed by atoms with Gasteiger partial charge in [0.25, 0.3) is 0 Å². The summed E-state index contributed by atoms with van der Waals surface area (Å²) >= 11 is 0. The monoisotopic (exact) mass is 369 g/mol. The van der Waals surface area contributed by atoms with E-state index in [2.05, 4.69) is 33.8 Å². The van der Waals surface area contributed by atoms with Crippen molar-refractivity contribution in [3.05, 3.63) is 11.7 Å². The van der Waals surface area contributed by atoms with Crippen molar-refractivity contribution in [2.75, 3.05) is 39.3 Å². The zero-order chi connectivity index (χ0) is 15.1. The van der Waals surface area contributed by atoms with Crippen molar-refractivity contribution in [1.82, 2.24) is 19.9 Å². The highest BCUT2D eigenvalue weighted by molar-refractivity contribution is 5.85. The first-order valence-corrected chi connectivity index (χ1v) is 7.83. The fourth-order valence-electron chi connectivity index (χ4n) is 2.60. The predicted octanol–water partition coefficient (Wildman–Crippen LogP) is 1.30. The average Bonchev–Trinajstić information content (AvgIpc) is 3.13. The fourth-order valence-corrected chi connectivity index (χ4v) is 2.60. The van der Waals surface area contributed by atoms with Crippen molar-refractivity contribution in [2.45, 2.75) is 39.5 Å². The van der Waals surface area contributed by atoms with E-state index in [0.29, 0.717) is 30.9 Å². The quantitative estimate of drug-likeness (QED) is 0.702. The predicted molar refractivity (Wildman–Crippen MR) is 94.1 cm³/mol. The van der Waals surface area contributed by atoms with E-state index < -0.39 is 0 Å². The molecule has 0 bridgehead atoms. The molecule has 0 aliphatic carbocycles. The van der Waals surface area contributed by atoms with E-state index in [9.17, 15) is 0 Å². The third-order valence-electron chi connectivity index (χ3n) is 3.93. The zero-order valence-corrected chi connectivity index (χ0v) is 15.6. The number of likely N-dealkylation sites (N-methyl/N-ethyl adjacent to an activating group) is 1. The van der Waals surface area contributed by atoms with Crippen molar-refractivity contribution in [1.29, 1.82) is 0 Å². The number of hydrogen-bond acceptors (Lipinski definition) is 7. The molecule has 1 aliphatic rings. The van der Waals surface area contributed by atoms with Gasteiger partial charge in [0, 0.05) is 19.6 Å². The third-order valence-corrected chi connectivity index (χ3v) is 3.93. The van der Waals surface area contributed by atoms with Crippen LogP contribution < -0.4 is 5.73 Å². The summed E-state index contributed by atoms with van der Waals surface area (Å²) in [5.41, 5.74) is 5.46. The van der Waals surface area contributed by atoms with Crippen LogP contribution in [0.2, 0.25) is 0 Å². The topological polar surface area (TPSA) is 80.7 Å². The van der Waals surface area contributed by atoms with Crippen LogP contribution in [0.1, 0.15) is 32.0 Å². The fraction of sp³-hybridized carbons (Fsp3) is 0.857. The summed E-state index contributed by atoms with van der Waals surface area (Å²) in [5, 5.41) is 3.93. The molecule has 136 valence electrons. The molecule has 2 rings (SSSR count). The summed E-state index contributed by atoms with van der Waals surface area (Å²) in [4.78, 5) is 8.91. The molecule has 23 heavy (non-hydrogen) atoms. The van der Waals surface area contributed by atoms with Crippen molar-refractivity contribution < 1.29 is 9.26 Å². The molecule has 1 aromatic rings. The number of hydrogen-bond donors (Lipinski definition) is 1. The zero-order valence-electron chi connectivity index (χ0n) is 13.9. The lowest BCUT2D eigenvalue weighted by Crippen LogP contribution is -2.29. The molecule has 0 saturated carbocycles.